The Hall–Kier alpha value is -1.31. The van der Waals surface area contributed by atoms with Crippen LogP contribution in [-0.2, 0) is 11.2 Å². The smallest absolute Gasteiger partial charge is 0.219 e. The molecule has 2 nitrogen and oxygen atoms in total. The molecule has 2 rings (SSSR count). The average molecular weight is 217 g/mol. The Morgan fingerprint density at radius 2 is 2.06 bits per heavy atom. The van der Waals surface area contributed by atoms with E-state index >= 15 is 0 Å². The van der Waals surface area contributed by atoms with Gasteiger partial charge in [-0.2, -0.15) is 0 Å². The SMILES string of the molecule is CC(=O)N1CCCC[C@@H]1Cc1ccccc1. The fourth-order valence-corrected chi connectivity index (χ4v) is 2.51. The van der Waals surface area contributed by atoms with Crippen molar-refractivity contribution in [2.45, 2.75) is 38.6 Å². The summed E-state index contributed by atoms with van der Waals surface area (Å²) >= 11 is 0. The molecule has 2 heteroatoms. The fraction of sp³-hybridized carbons (Fsp3) is 0.500. The van der Waals surface area contributed by atoms with Gasteiger partial charge in [0.15, 0.2) is 0 Å². The highest BCUT2D eigenvalue weighted by molar-refractivity contribution is 5.73. The predicted molar refractivity (Wildman–Crippen MR) is 65.2 cm³/mol. The molecule has 86 valence electrons. The maximum Gasteiger partial charge on any atom is 0.219 e. The third-order valence-corrected chi connectivity index (χ3v) is 3.35. The van der Waals surface area contributed by atoms with E-state index in [1.807, 2.05) is 11.0 Å². The maximum atomic E-state index is 11.5. The molecule has 0 unspecified atom stereocenters. The van der Waals surface area contributed by atoms with Crippen LogP contribution >= 0.6 is 0 Å². The molecule has 0 radical (unpaired) electrons. The lowest BCUT2D eigenvalue weighted by Gasteiger charge is -2.35. The summed E-state index contributed by atoms with van der Waals surface area (Å²) in [7, 11) is 0. The van der Waals surface area contributed by atoms with Crippen LogP contribution in [0.4, 0.5) is 0 Å². The van der Waals surface area contributed by atoms with Gasteiger partial charge in [0.05, 0.1) is 0 Å². The Morgan fingerprint density at radius 1 is 1.31 bits per heavy atom. The van der Waals surface area contributed by atoms with Crippen LogP contribution in [0.15, 0.2) is 30.3 Å². The van der Waals surface area contributed by atoms with Gasteiger partial charge in [-0.05, 0) is 31.2 Å². The lowest BCUT2D eigenvalue weighted by Crippen LogP contribution is -2.43. The van der Waals surface area contributed by atoms with E-state index in [0.717, 1.165) is 25.8 Å². The quantitative estimate of drug-likeness (QED) is 0.745. The Morgan fingerprint density at radius 3 is 2.75 bits per heavy atom. The fourth-order valence-electron chi connectivity index (χ4n) is 2.51. The topological polar surface area (TPSA) is 20.3 Å². The number of nitrogens with zero attached hydrogens (tertiary/aromatic N) is 1. The third kappa shape index (κ3) is 2.63. The molecular formula is C14H19NO. The van der Waals surface area contributed by atoms with Gasteiger partial charge >= 0.3 is 0 Å². The number of likely N-dealkylation sites (tertiary alicyclic amines) is 1. The first-order valence-electron chi connectivity index (χ1n) is 6.08. The minimum Gasteiger partial charge on any atom is -0.340 e. The average Bonchev–Trinajstić information content (AvgIpc) is 2.31. The molecule has 0 aliphatic carbocycles. The molecule has 0 N–H and O–H groups in total. The second kappa shape index (κ2) is 5.15. The highest BCUT2D eigenvalue weighted by Gasteiger charge is 2.24. The first kappa shape index (κ1) is 11.2. The molecule has 1 atom stereocenters. The highest BCUT2D eigenvalue weighted by atomic mass is 16.2. The van der Waals surface area contributed by atoms with Crippen molar-refractivity contribution in [1.82, 2.24) is 4.90 Å². The van der Waals surface area contributed by atoms with E-state index in [2.05, 4.69) is 24.3 Å². The number of carbonyl (C=O) groups is 1. The van der Waals surface area contributed by atoms with Gasteiger partial charge in [-0.1, -0.05) is 30.3 Å². The van der Waals surface area contributed by atoms with Crippen molar-refractivity contribution >= 4 is 5.91 Å². The Kier molecular flexibility index (Phi) is 3.60. The Balaban J connectivity index is 2.04. The van der Waals surface area contributed by atoms with E-state index in [1.165, 1.54) is 12.0 Å². The first-order chi connectivity index (χ1) is 7.77. The summed E-state index contributed by atoms with van der Waals surface area (Å²) in [6, 6.07) is 10.9. The van der Waals surface area contributed by atoms with Gasteiger partial charge in [-0.25, -0.2) is 0 Å². The first-order valence-corrected chi connectivity index (χ1v) is 6.08. The van der Waals surface area contributed by atoms with Crippen LogP contribution in [0.3, 0.4) is 0 Å². The molecule has 0 saturated carbocycles. The molecule has 0 bridgehead atoms. The van der Waals surface area contributed by atoms with Gasteiger partial charge < -0.3 is 4.90 Å². The Bertz CT molecular complexity index is 347. The van der Waals surface area contributed by atoms with E-state index < -0.39 is 0 Å². The minimum atomic E-state index is 0.223. The van der Waals surface area contributed by atoms with Crippen molar-refractivity contribution in [3.63, 3.8) is 0 Å². The van der Waals surface area contributed by atoms with Gasteiger partial charge in [-0.3, -0.25) is 4.79 Å². The monoisotopic (exact) mass is 217 g/mol. The number of benzene rings is 1. The summed E-state index contributed by atoms with van der Waals surface area (Å²) in [5, 5.41) is 0. The summed E-state index contributed by atoms with van der Waals surface area (Å²) in [6.45, 7) is 2.62. The molecule has 16 heavy (non-hydrogen) atoms. The predicted octanol–water partition coefficient (Wildman–Crippen LogP) is 2.63. The molecular weight excluding hydrogens is 198 g/mol. The molecule has 1 aromatic rings. The lowest BCUT2D eigenvalue weighted by atomic mass is 9.95. The number of amides is 1. The van der Waals surface area contributed by atoms with Crippen LogP contribution in [-0.4, -0.2) is 23.4 Å². The number of hydrogen-bond donors (Lipinski definition) is 0. The van der Waals surface area contributed by atoms with E-state index in [4.69, 9.17) is 0 Å². The van der Waals surface area contributed by atoms with Crippen LogP contribution in [0.5, 0.6) is 0 Å². The van der Waals surface area contributed by atoms with Gasteiger partial charge in [0.1, 0.15) is 0 Å². The number of rotatable bonds is 2. The van der Waals surface area contributed by atoms with Crippen LogP contribution in [0.1, 0.15) is 31.7 Å². The van der Waals surface area contributed by atoms with E-state index in [-0.39, 0.29) is 5.91 Å². The molecule has 1 aliphatic heterocycles. The summed E-state index contributed by atoms with van der Waals surface area (Å²) in [6.07, 6.45) is 4.56. The molecule has 1 aromatic carbocycles. The van der Waals surface area contributed by atoms with E-state index in [9.17, 15) is 4.79 Å². The molecule has 1 amide bonds. The van der Waals surface area contributed by atoms with Crippen LogP contribution in [0.2, 0.25) is 0 Å². The zero-order valence-corrected chi connectivity index (χ0v) is 9.86. The molecule has 0 spiro atoms. The third-order valence-electron chi connectivity index (χ3n) is 3.35. The van der Waals surface area contributed by atoms with Crippen molar-refractivity contribution in [2.24, 2.45) is 0 Å². The van der Waals surface area contributed by atoms with Crippen molar-refractivity contribution in [2.75, 3.05) is 6.54 Å². The standard InChI is InChI=1S/C14H19NO/c1-12(16)15-10-6-5-9-14(15)11-13-7-3-2-4-8-13/h2-4,7-8,14H,5-6,9-11H2,1H3/t14-/m1/s1. The summed E-state index contributed by atoms with van der Waals surface area (Å²) < 4.78 is 0. The molecule has 1 fully saturated rings. The zero-order valence-electron chi connectivity index (χ0n) is 9.86. The van der Waals surface area contributed by atoms with E-state index in [1.54, 1.807) is 6.92 Å². The normalized spacial score (nSPS) is 20.8. The number of piperidine rings is 1. The Labute approximate surface area is 97.3 Å². The van der Waals surface area contributed by atoms with Gasteiger partial charge in [0, 0.05) is 19.5 Å². The molecule has 0 aromatic heterocycles. The minimum absolute atomic E-state index is 0.223. The second-order valence-corrected chi connectivity index (χ2v) is 4.55. The van der Waals surface area contributed by atoms with Crippen LogP contribution < -0.4 is 0 Å². The lowest BCUT2D eigenvalue weighted by molar-refractivity contribution is -0.132. The molecule has 1 saturated heterocycles. The maximum absolute atomic E-state index is 11.5. The summed E-state index contributed by atoms with van der Waals surface area (Å²) in [5.41, 5.74) is 1.33. The molecule has 1 heterocycles. The number of hydrogen-bond acceptors (Lipinski definition) is 1. The van der Waals surface area contributed by atoms with Gasteiger partial charge in [0.25, 0.3) is 0 Å². The van der Waals surface area contributed by atoms with Crippen LogP contribution in [0, 0.1) is 0 Å². The second-order valence-electron chi connectivity index (χ2n) is 4.55. The zero-order chi connectivity index (χ0) is 11.4. The van der Waals surface area contributed by atoms with Crippen molar-refractivity contribution < 1.29 is 4.79 Å². The summed E-state index contributed by atoms with van der Waals surface area (Å²) in [5.74, 6) is 0.223. The van der Waals surface area contributed by atoms with Crippen molar-refractivity contribution in [1.29, 1.82) is 0 Å². The number of carbonyl (C=O) groups excluding carboxylic acids is 1. The summed E-state index contributed by atoms with van der Waals surface area (Å²) in [4.78, 5) is 13.6. The highest BCUT2D eigenvalue weighted by Crippen LogP contribution is 2.20. The molecule has 1 aliphatic rings. The largest absolute Gasteiger partial charge is 0.340 e. The van der Waals surface area contributed by atoms with Gasteiger partial charge in [0.2, 0.25) is 5.91 Å². The van der Waals surface area contributed by atoms with Crippen molar-refractivity contribution in [3.8, 4) is 0 Å². The van der Waals surface area contributed by atoms with Crippen molar-refractivity contribution in [3.05, 3.63) is 35.9 Å². The van der Waals surface area contributed by atoms with Gasteiger partial charge in [-0.15, -0.1) is 0 Å². The van der Waals surface area contributed by atoms with Crippen LogP contribution in [0.25, 0.3) is 0 Å². The van der Waals surface area contributed by atoms with E-state index in [0.29, 0.717) is 6.04 Å².